The molecule has 2 aromatic heterocycles. The zero-order chi connectivity index (χ0) is 11.7. The van der Waals surface area contributed by atoms with Gasteiger partial charge in [0, 0.05) is 19.8 Å². The van der Waals surface area contributed by atoms with E-state index in [1.54, 1.807) is 9.36 Å². The fraction of sp³-hybridized carbons (Fsp3) is 0.455. The van der Waals surface area contributed by atoms with Gasteiger partial charge in [0.15, 0.2) is 0 Å². The van der Waals surface area contributed by atoms with Crippen molar-refractivity contribution in [3.63, 3.8) is 0 Å². The molecule has 0 saturated heterocycles. The van der Waals surface area contributed by atoms with E-state index >= 15 is 0 Å². The number of hydrogen-bond acceptors (Lipinski definition) is 3. The molecule has 0 aromatic carbocycles. The predicted molar refractivity (Wildman–Crippen MR) is 59.9 cm³/mol. The van der Waals surface area contributed by atoms with Gasteiger partial charge < -0.3 is 5.11 Å². The first-order chi connectivity index (χ1) is 7.61. The molecule has 0 aliphatic heterocycles. The molecule has 2 heterocycles. The molecule has 0 aliphatic rings. The van der Waals surface area contributed by atoms with Crippen molar-refractivity contribution in [1.82, 2.24) is 19.6 Å². The standard InChI is InChI=1S/C11H16N4O/c1-4-15-10(7-8(2)12-15)11(16)9-5-6-14(3)13-9/h5-7,11,16H,4H2,1-3H3. The summed E-state index contributed by atoms with van der Waals surface area (Å²) in [5.74, 6) is 0. The normalized spacial score (nSPS) is 13.0. The number of aliphatic hydroxyl groups is 1. The SMILES string of the molecule is CCn1nc(C)cc1C(O)c1ccn(C)n1. The third-order valence-corrected chi connectivity index (χ3v) is 2.53. The summed E-state index contributed by atoms with van der Waals surface area (Å²) in [4.78, 5) is 0. The van der Waals surface area contributed by atoms with Crippen molar-refractivity contribution in [2.75, 3.05) is 0 Å². The van der Waals surface area contributed by atoms with Crippen LogP contribution in [0.2, 0.25) is 0 Å². The Balaban J connectivity index is 2.36. The van der Waals surface area contributed by atoms with Crippen molar-refractivity contribution < 1.29 is 5.11 Å². The van der Waals surface area contributed by atoms with Crippen LogP contribution in [0, 0.1) is 6.92 Å². The van der Waals surface area contributed by atoms with Gasteiger partial charge in [-0.3, -0.25) is 9.36 Å². The molecule has 2 rings (SSSR count). The van der Waals surface area contributed by atoms with Gasteiger partial charge in [-0.15, -0.1) is 0 Å². The summed E-state index contributed by atoms with van der Waals surface area (Å²) < 4.78 is 3.48. The first-order valence-electron chi connectivity index (χ1n) is 5.33. The minimum Gasteiger partial charge on any atom is -0.380 e. The molecule has 5 heteroatoms. The molecule has 86 valence electrons. The summed E-state index contributed by atoms with van der Waals surface area (Å²) in [7, 11) is 1.83. The van der Waals surface area contributed by atoms with Crippen LogP contribution < -0.4 is 0 Å². The molecule has 2 aromatic rings. The molecule has 0 saturated carbocycles. The molecular weight excluding hydrogens is 204 g/mol. The third-order valence-electron chi connectivity index (χ3n) is 2.53. The molecule has 1 N–H and O–H groups in total. The van der Waals surface area contributed by atoms with Gasteiger partial charge in [0.2, 0.25) is 0 Å². The highest BCUT2D eigenvalue weighted by molar-refractivity contribution is 5.20. The van der Waals surface area contributed by atoms with Crippen LogP contribution in [-0.4, -0.2) is 24.7 Å². The quantitative estimate of drug-likeness (QED) is 0.840. The van der Waals surface area contributed by atoms with Crippen LogP contribution in [0.25, 0.3) is 0 Å². The fourth-order valence-electron chi connectivity index (χ4n) is 1.77. The second-order valence-electron chi connectivity index (χ2n) is 3.84. The lowest BCUT2D eigenvalue weighted by Crippen LogP contribution is -2.09. The van der Waals surface area contributed by atoms with Crippen LogP contribution in [-0.2, 0) is 13.6 Å². The lowest BCUT2D eigenvalue weighted by Gasteiger charge is -2.09. The van der Waals surface area contributed by atoms with Crippen molar-refractivity contribution in [3.8, 4) is 0 Å². The van der Waals surface area contributed by atoms with Crippen LogP contribution in [0.3, 0.4) is 0 Å². The lowest BCUT2D eigenvalue weighted by atomic mass is 10.2. The van der Waals surface area contributed by atoms with E-state index in [1.807, 2.05) is 39.2 Å². The van der Waals surface area contributed by atoms with E-state index in [0.29, 0.717) is 5.69 Å². The third kappa shape index (κ3) is 1.86. The maximum Gasteiger partial charge on any atom is 0.139 e. The van der Waals surface area contributed by atoms with Gasteiger partial charge >= 0.3 is 0 Å². The van der Waals surface area contributed by atoms with E-state index in [0.717, 1.165) is 17.9 Å². The number of aromatic nitrogens is 4. The zero-order valence-corrected chi connectivity index (χ0v) is 9.75. The van der Waals surface area contributed by atoms with Gasteiger partial charge in [0.25, 0.3) is 0 Å². The molecule has 0 radical (unpaired) electrons. The number of rotatable bonds is 3. The van der Waals surface area contributed by atoms with Crippen LogP contribution in [0.15, 0.2) is 18.3 Å². The molecule has 0 bridgehead atoms. The highest BCUT2D eigenvalue weighted by atomic mass is 16.3. The van der Waals surface area contributed by atoms with Crippen LogP contribution in [0.5, 0.6) is 0 Å². The highest BCUT2D eigenvalue weighted by Gasteiger charge is 2.18. The van der Waals surface area contributed by atoms with Gasteiger partial charge in [0.05, 0.1) is 17.1 Å². The summed E-state index contributed by atoms with van der Waals surface area (Å²) in [6.45, 7) is 4.66. The summed E-state index contributed by atoms with van der Waals surface area (Å²) in [5, 5.41) is 18.7. The number of aryl methyl sites for hydroxylation is 3. The number of aliphatic hydroxyl groups excluding tert-OH is 1. The Hall–Kier alpha value is -1.62. The van der Waals surface area contributed by atoms with Crippen LogP contribution in [0.4, 0.5) is 0 Å². The Kier molecular flexibility index (Phi) is 2.78. The van der Waals surface area contributed by atoms with Gasteiger partial charge in [-0.2, -0.15) is 10.2 Å². The Morgan fingerprint density at radius 3 is 2.75 bits per heavy atom. The van der Waals surface area contributed by atoms with E-state index in [1.165, 1.54) is 0 Å². The first-order valence-corrected chi connectivity index (χ1v) is 5.33. The van der Waals surface area contributed by atoms with Crippen molar-refractivity contribution in [2.45, 2.75) is 26.5 Å². The number of hydrogen-bond donors (Lipinski definition) is 1. The van der Waals surface area contributed by atoms with Gasteiger partial charge in [0.1, 0.15) is 6.10 Å². The smallest absolute Gasteiger partial charge is 0.139 e. The molecule has 1 unspecified atom stereocenters. The molecule has 0 amide bonds. The van der Waals surface area contributed by atoms with E-state index in [4.69, 9.17) is 0 Å². The van der Waals surface area contributed by atoms with Crippen molar-refractivity contribution in [3.05, 3.63) is 35.4 Å². The average molecular weight is 220 g/mol. The summed E-state index contributed by atoms with van der Waals surface area (Å²) >= 11 is 0. The summed E-state index contributed by atoms with van der Waals surface area (Å²) in [6, 6.07) is 3.70. The molecule has 0 fully saturated rings. The van der Waals surface area contributed by atoms with E-state index in [2.05, 4.69) is 10.2 Å². The van der Waals surface area contributed by atoms with Crippen molar-refractivity contribution in [1.29, 1.82) is 0 Å². The van der Waals surface area contributed by atoms with Gasteiger partial charge in [-0.25, -0.2) is 0 Å². The fourth-order valence-corrected chi connectivity index (χ4v) is 1.77. The maximum atomic E-state index is 10.2. The molecule has 1 atom stereocenters. The van der Waals surface area contributed by atoms with E-state index in [9.17, 15) is 5.11 Å². The Morgan fingerprint density at radius 2 is 2.19 bits per heavy atom. The predicted octanol–water partition coefficient (Wildman–Crippen LogP) is 1.03. The Bertz CT molecular complexity index is 486. The topological polar surface area (TPSA) is 55.9 Å². The summed E-state index contributed by atoms with van der Waals surface area (Å²) in [6.07, 6.45) is 1.11. The van der Waals surface area contributed by atoms with Gasteiger partial charge in [-0.1, -0.05) is 0 Å². The molecule has 0 aliphatic carbocycles. The zero-order valence-electron chi connectivity index (χ0n) is 9.75. The minimum absolute atomic E-state index is 0.650. The van der Waals surface area contributed by atoms with Crippen LogP contribution in [0.1, 0.15) is 30.1 Å². The van der Waals surface area contributed by atoms with Crippen molar-refractivity contribution in [2.24, 2.45) is 7.05 Å². The lowest BCUT2D eigenvalue weighted by molar-refractivity contribution is 0.202. The number of nitrogens with zero attached hydrogens (tertiary/aromatic N) is 4. The largest absolute Gasteiger partial charge is 0.380 e. The second-order valence-corrected chi connectivity index (χ2v) is 3.84. The molecule has 16 heavy (non-hydrogen) atoms. The Morgan fingerprint density at radius 1 is 1.44 bits per heavy atom. The minimum atomic E-state index is -0.706. The summed E-state index contributed by atoms with van der Waals surface area (Å²) in [5.41, 5.74) is 2.35. The van der Waals surface area contributed by atoms with E-state index in [-0.39, 0.29) is 0 Å². The van der Waals surface area contributed by atoms with Crippen molar-refractivity contribution >= 4 is 0 Å². The van der Waals surface area contributed by atoms with Gasteiger partial charge in [-0.05, 0) is 26.0 Å². The van der Waals surface area contributed by atoms with Crippen LogP contribution >= 0.6 is 0 Å². The maximum absolute atomic E-state index is 10.2. The molecule has 0 spiro atoms. The monoisotopic (exact) mass is 220 g/mol. The highest BCUT2D eigenvalue weighted by Crippen LogP contribution is 2.20. The first kappa shape index (κ1) is 10.9. The second kappa shape index (κ2) is 4.09. The molecule has 5 nitrogen and oxygen atoms in total. The average Bonchev–Trinajstić information content (AvgIpc) is 2.83. The Labute approximate surface area is 94.3 Å². The molecular formula is C11H16N4O. The van der Waals surface area contributed by atoms with E-state index < -0.39 is 6.10 Å².